The smallest absolute Gasteiger partial charge is 0.333 e. The number of carbonyl (C=O) groups excluding carboxylic acids is 4. The summed E-state index contributed by atoms with van der Waals surface area (Å²) in [5.41, 5.74) is 3.28. The van der Waals surface area contributed by atoms with E-state index in [1.54, 1.807) is 36.7 Å². The van der Waals surface area contributed by atoms with Crippen molar-refractivity contribution in [2.75, 3.05) is 54.0 Å². The third kappa shape index (κ3) is 14.1. The van der Waals surface area contributed by atoms with Crippen LogP contribution >= 0.6 is 15.2 Å². The topological polar surface area (TPSA) is 240 Å². The van der Waals surface area contributed by atoms with Gasteiger partial charge in [-0.3, -0.25) is 48.1 Å². The number of aromatic hydroxyl groups is 1. The Morgan fingerprint density at radius 1 is 0.494 bits per heavy atom. The van der Waals surface area contributed by atoms with Gasteiger partial charge in [0, 0.05) is 51.6 Å². The summed E-state index contributed by atoms with van der Waals surface area (Å²) in [4.78, 5) is 66.8. The van der Waals surface area contributed by atoms with E-state index in [2.05, 4.69) is 102 Å². The number of nitrogens with zero attached hydrogens (tertiary/aromatic N) is 4. The molecule has 87 heavy (non-hydrogen) atoms. The third-order valence-corrected chi connectivity index (χ3v) is 32.0. The molecule has 2 N–H and O–H groups in total. The summed E-state index contributed by atoms with van der Waals surface area (Å²) in [6, 6.07) is 18.1. The molecule has 0 aliphatic carbocycles. The molecule has 0 unspecified atom stereocenters. The van der Waals surface area contributed by atoms with Gasteiger partial charge in [-0.2, -0.15) is 0 Å². The van der Waals surface area contributed by atoms with E-state index >= 15 is 0 Å². The van der Waals surface area contributed by atoms with Gasteiger partial charge in [-0.15, -0.1) is 0 Å². The maximum Gasteiger partial charge on any atom is 0.333 e. The average Bonchev–Trinajstić information content (AvgIpc) is 2.54. The zero-order valence-electron chi connectivity index (χ0n) is 52.4. The zero-order valence-corrected chi connectivity index (χ0v) is 56.2. The molecular formula is C62H82F2N4O15P2Si2. The molecule has 2 aliphatic heterocycles. The van der Waals surface area contributed by atoms with Crippen molar-refractivity contribution in [2.24, 2.45) is 0 Å². The number of carbonyl (C=O) groups is 4. The molecule has 19 nitrogen and oxygen atoms in total. The van der Waals surface area contributed by atoms with Crippen molar-refractivity contribution in [3.63, 3.8) is 0 Å². The number of ether oxygens (including phenoxy) is 1. The van der Waals surface area contributed by atoms with Crippen LogP contribution in [0.15, 0.2) is 85.2 Å². The number of amides is 4. The first-order valence-corrected chi connectivity index (χ1v) is 36.6. The maximum absolute atomic E-state index is 14.2. The van der Waals surface area contributed by atoms with Gasteiger partial charge in [0.2, 0.25) is 0 Å². The average molecular weight is 1280 g/mol. The van der Waals surface area contributed by atoms with Gasteiger partial charge in [-0.1, -0.05) is 107 Å². The van der Waals surface area contributed by atoms with Crippen molar-refractivity contribution in [1.82, 2.24) is 19.8 Å². The Morgan fingerprint density at radius 2 is 0.828 bits per heavy atom. The molecular weight excluding hydrogens is 1200 g/mol. The largest absolute Gasteiger partial charge is 0.541 e. The van der Waals surface area contributed by atoms with Crippen LogP contribution in [0.2, 0.25) is 33.2 Å². The number of pyridine rings is 2. The summed E-state index contributed by atoms with van der Waals surface area (Å²) in [7, 11) is -6.36. The highest BCUT2D eigenvalue weighted by molar-refractivity contribution is 7.54. The minimum absolute atomic E-state index is 0.0452. The number of phenols is 1. The van der Waals surface area contributed by atoms with E-state index in [0.29, 0.717) is 32.9 Å². The fraction of sp³-hybridized carbons (Fsp3) is 0.452. The molecule has 0 saturated carbocycles. The fourth-order valence-corrected chi connectivity index (χ4v) is 24.3. The second-order valence-electron chi connectivity index (χ2n) is 23.1. The minimum Gasteiger partial charge on any atom is -0.541 e. The van der Waals surface area contributed by atoms with Crippen LogP contribution in [0.4, 0.5) is 8.78 Å². The molecule has 0 bridgehead atoms. The Bertz CT molecular complexity index is 3510. The van der Waals surface area contributed by atoms with Gasteiger partial charge >= 0.3 is 15.2 Å². The maximum atomic E-state index is 14.2. The number of fused-ring (bicyclic) bond motifs is 4. The first-order valence-electron chi connectivity index (χ1n) is 28.8. The number of aromatic nitrogens is 2. The minimum atomic E-state index is -3.41. The molecule has 8 rings (SSSR count). The molecule has 472 valence electrons. The van der Waals surface area contributed by atoms with E-state index in [-0.39, 0.29) is 117 Å². The van der Waals surface area contributed by atoms with Crippen molar-refractivity contribution in [3.8, 4) is 23.0 Å². The Morgan fingerprint density at radius 3 is 1.18 bits per heavy atom. The summed E-state index contributed by atoms with van der Waals surface area (Å²) in [6.45, 7) is 25.2. The summed E-state index contributed by atoms with van der Waals surface area (Å²) in [6.07, 6.45) is 3.17. The standard InChI is InChI=1S/C31H40FN2O7PSi.C27H31FN2O4Si.C4H11O4P/c1-19(2)43(20(3)4,21(5)6)41-29-26-25(30(35)34(31(26)36)18-22-11-13-23(32)14-12-22)28(24-10-9-15-33-27(24)29)40-16-17-42(37,38-7)39-8;1-15(2)35(16(3)4,17(5)6)34-25-22-21(24(31)20-8-7-13-29-23(20)25)26(32)30(27(22)33)14-18-9-11-19(28)12-10-18;1-7-9(6,8-2)4-3-5/h9-15,19-21H,16-18H2,1-8H3;7-13,15-17,31H,14H2,1-6H3;5H,3-4H2,1-2H3. The van der Waals surface area contributed by atoms with Crippen LogP contribution in [0, 0.1) is 11.6 Å². The van der Waals surface area contributed by atoms with Crippen molar-refractivity contribution in [1.29, 1.82) is 0 Å². The molecule has 0 spiro atoms. The normalized spacial score (nSPS) is 13.8. The van der Waals surface area contributed by atoms with Crippen LogP contribution in [-0.2, 0) is 40.3 Å². The molecule has 0 atom stereocenters. The lowest BCUT2D eigenvalue weighted by atomic mass is 10.0. The van der Waals surface area contributed by atoms with Crippen molar-refractivity contribution in [2.45, 2.75) is 129 Å². The van der Waals surface area contributed by atoms with Crippen molar-refractivity contribution in [3.05, 3.63) is 130 Å². The molecule has 2 aromatic heterocycles. The number of aliphatic hydroxyl groups is 1. The second-order valence-corrected chi connectivity index (χ2v) is 38.6. The number of hydrogen-bond acceptors (Lipinski definition) is 17. The predicted octanol–water partition coefficient (Wildman–Crippen LogP) is 14.5. The van der Waals surface area contributed by atoms with Crippen LogP contribution in [0.5, 0.6) is 23.0 Å². The van der Waals surface area contributed by atoms with Crippen molar-refractivity contribution < 1.29 is 79.0 Å². The molecule has 0 fully saturated rings. The number of benzene rings is 4. The summed E-state index contributed by atoms with van der Waals surface area (Å²) in [5, 5.41) is 20.3. The molecule has 0 saturated heterocycles. The Kier molecular flexibility index (Phi) is 23.2. The van der Waals surface area contributed by atoms with Gasteiger partial charge < -0.3 is 41.9 Å². The molecule has 4 heterocycles. The van der Waals surface area contributed by atoms with Gasteiger partial charge in [0.05, 0.1) is 60.9 Å². The van der Waals surface area contributed by atoms with E-state index < -0.39 is 67.1 Å². The van der Waals surface area contributed by atoms with E-state index in [9.17, 15) is 42.2 Å². The van der Waals surface area contributed by atoms with Crippen LogP contribution < -0.4 is 13.6 Å². The number of halogens is 2. The molecule has 6 aromatic rings. The van der Waals surface area contributed by atoms with Crippen LogP contribution in [0.25, 0.3) is 21.8 Å². The zero-order chi connectivity index (χ0) is 64.7. The predicted molar refractivity (Wildman–Crippen MR) is 335 cm³/mol. The highest BCUT2D eigenvalue weighted by Gasteiger charge is 2.52. The summed E-state index contributed by atoms with van der Waals surface area (Å²) < 4.78 is 90.0. The van der Waals surface area contributed by atoms with Crippen molar-refractivity contribution >= 4 is 77.3 Å². The Labute approximate surface area is 510 Å². The highest BCUT2D eigenvalue weighted by atomic mass is 31.2. The van der Waals surface area contributed by atoms with Gasteiger partial charge in [-0.25, -0.2) is 8.78 Å². The van der Waals surface area contributed by atoms with Crippen LogP contribution in [-0.4, -0.2) is 124 Å². The Balaban J connectivity index is 0.000000247. The van der Waals surface area contributed by atoms with Crippen LogP contribution in [0.3, 0.4) is 0 Å². The van der Waals surface area contributed by atoms with Gasteiger partial charge in [0.15, 0.2) is 0 Å². The number of rotatable bonds is 24. The molecule has 4 amide bonds. The lowest BCUT2D eigenvalue weighted by Gasteiger charge is -2.42. The first-order chi connectivity index (χ1) is 41.0. The third-order valence-electron chi connectivity index (χ3n) is 16.4. The lowest BCUT2D eigenvalue weighted by molar-refractivity contribution is 0.0625. The second kappa shape index (κ2) is 28.9. The van der Waals surface area contributed by atoms with Gasteiger partial charge in [0.25, 0.3) is 40.3 Å². The van der Waals surface area contributed by atoms with Gasteiger partial charge in [0.1, 0.15) is 45.7 Å². The fourth-order valence-electron chi connectivity index (χ4n) is 12.2. The number of hydrogen-bond donors (Lipinski definition) is 2. The summed E-state index contributed by atoms with van der Waals surface area (Å²) in [5.74, 6) is -2.67. The number of imide groups is 2. The quantitative estimate of drug-likeness (QED) is 0.0325. The van der Waals surface area contributed by atoms with E-state index in [0.717, 1.165) is 9.80 Å². The lowest BCUT2D eigenvalue weighted by Crippen LogP contribution is -2.51. The van der Waals surface area contributed by atoms with E-state index in [1.165, 1.54) is 77.0 Å². The molecule has 25 heteroatoms. The van der Waals surface area contributed by atoms with E-state index in [4.69, 9.17) is 27.7 Å². The number of phenolic OH excluding ortho intramolecular Hbond substituents is 1. The molecule has 2 aliphatic rings. The first kappa shape index (κ1) is 69.8. The Hall–Kier alpha value is -6.27. The SMILES string of the molecule is CC(C)[Si](Oc1c2c(c(O)c3cccnc13)C(=O)N(Cc1ccc(F)cc1)C2=O)(C(C)C)C(C)C.COP(=O)(CCO)OC.COP(=O)(CCOc1c2c(c(O[Si](C(C)C)(C(C)C)C(C)C)c3ncccc13)C(=O)N(Cc1ccc(F)cc1)C2=O)OC. The molecule has 0 radical (unpaired) electrons. The molecule has 4 aromatic carbocycles. The monoisotopic (exact) mass is 1280 g/mol. The van der Waals surface area contributed by atoms with E-state index in [1.807, 2.05) is 0 Å². The number of aliphatic hydroxyl groups excluding tert-OH is 1. The highest BCUT2D eigenvalue weighted by Crippen LogP contribution is 2.53. The summed E-state index contributed by atoms with van der Waals surface area (Å²) >= 11 is 0. The van der Waals surface area contributed by atoms with Crippen LogP contribution in [0.1, 0.15) is 136 Å². The van der Waals surface area contributed by atoms with Gasteiger partial charge in [-0.05, 0) is 92.9 Å².